The number of nitrogens with one attached hydrogen (secondary N) is 1. The summed E-state index contributed by atoms with van der Waals surface area (Å²) in [6.45, 7) is 7.33. The molecule has 6 nitrogen and oxygen atoms in total. The number of aliphatic hydroxyl groups excluding tert-OH is 1. The lowest BCUT2D eigenvalue weighted by atomic mass is 10.0. The van der Waals surface area contributed by atoms with E-state index in [1.54, 1.807) is 0 Å². The van der Waals surface area contributed by atoms with E-state index in [0.29, 0.717) is 6.54 Å². The maximum atomic E-state index is 11.0. The molecule has 1 fully saturated rings. The average Bonchev–Trinajstić information content (AvgIpc) is 2.73. The molecule has 2 aromatic rings. The summed E-state index contributed by atoms with van der Waals surface area (Å²) in [6, 6.07) is 18.4. The number of carbonyl (C=O) groups excluding carboxylic acids is 1. The van der Waals surface area contributed by atoms with Gasteiger partial charge in [-0.15, -0.1) is 24.8 Å². The molecule has 0 aliphatic carbocycles. The summed E-state index contributed by atoms with van der Waals surface area (Å²) < 4.78 is 0. The molecule has 1 saturated heterocycles. The number of hydrogen-bond donors (Lipinski definition) is 2. The first-order chi connectivity index (χ1) is 13.6. The van der Waals surface area contributed by atoms with Gasteiger partial charge in [-0.1, -0.05) is 42.5 Å². The molecule has 0 aromatic heterocycles. The first kappa shape index (κ1) is 29.2. The Morgan fingerprint density at radius 2 is 1.61 bits per heavy atom. The third-order valence-corrected chi connectivity index (χ3v) is 5.35. The van der Waals surface area contributed by atoms with Crippen molar-refractivity contribution in [3.63, 3.8) is 0 Å². The Morgan fingerprint density at radius 3 is 2.19 bits per heavy atom. The molecular formula is C23H35Cl2N3O3. The molecule has 1 unspecified atom stereocenters. The molecule has 1 aliphatic heterocycles. The van der Waals surface area contributed by atoms with Crippen molar-refractivity contribution in [1.29, 1.82) is 0 Å². The van der Waals surface area contributed by atoms with Crippen LogP contribution in [-0.2, 0) is 11.3 Å². The van der Waals surface area contributed by atoms with E-state index in [4.69, 9.17) is 0 Å². The molecule has 31 heavy (non-hydrogen) atoms. The van der Waals surface area contributed by atoms with Crippen LogP contribution < -0.4 is 10.2 Å². The van der Waals surface area contributed by atoms with Gasteiger partial charge in [-0.2, -0.15) is 0 Å². The molecule has 0 radical (unpaired) electrons. The Bertz CT molecular complexity index is 739. The predicted molar refractivity (Wildman–Crippen MR) is 131 cm³/mol. The largest absolute Gasteiger partial charge is 0.412 e. The molecule has 4 N–H and O–H groups in total. The molecule has 0 spiro atoms. The van der Waals surface area contributed by atoms with E-state index < -0.39 is 6.10 Å². The monoisotopic (exact) mass is 471 g/mol. The Balaban J connectivity index is 0.00000300. The van der Waals surface area contributed by atoms with Gasteiger partial charge in [-0.3, -0.25) is 9.69 Å². The summed E-state index contributed by atoms with van der Waals surface area (Å²) >= 11 is 0. The van der Waals surface area contributed by atoms with Gasteiger partial charge in [0, 0.05) is 45.3 Å². The highest BCUT2D eigenvalue weighted by atomic mass is 35.5. The van der Waals surface area contributed by atoms with Gasteiger partial charge in [0.2, 0.25) is 5.91 Å². The molecule has 0 saturated carbocycles. The lowest BCUT2D eigenvalue weighted by molar-refractivity contribution is -0.119. The number of aliphatic hydroxyl groups is 1. The number of carbonyl (C=O) groups is 1. The molecule has 0 bridgehead atoms. The van der Waals surface area contributed by atoms with Crippen LogP contribution in [0.3, 0.4) is 0 Å². The third-order valence-electron chi connectivity index (χ3n) is 5.35. The summed E-state index contributed by atoms with van der Waals surface area (Å²) in [6.07, 6.45) is 1.32. The van der Waals surface area contributed by atoms with Crippen molar-refractivity contribution in [3.05, 3.63) is 65.7 Å². The van der Waals surface area contributed by atoms with Gasteiger partial charge in [-0.05, 0) is 42.6 Å². The van der Waals surface area contributed by atoms with Crippen LogP contribution in [0.2, 0.25) is 0 Å². The van der Waals surface area contributed by atoms with Crippen LogP contribution in [0.5, 0.6) is 0 Å². The van der Waals surface area contributed by atoms with Crippen molar-refractivity contribution >= 4 is 36.4 Å². The van der Waals surface area contributed by atoms with Crippen LogP contribution in [-0.4, -0.2) is 54.1 Å². The van der Waals surface area contributed by atoms with Gasteiger partial charge in [-0.25, -0.2) is 0 Å². The highest BCUT2D eigenvalue weighted by Gasteiger charge is 2.17. The molecule has 1 aliphatic rings. The van der Waals surface area contributed by atoms with Crippen LogP contribution in [0.25, 0.3) is 0 Å². The van der Waals surface area contributed by atoms with Crippen LogP contribution in [0.4, 0.5) is 5.69 Å². The van der Waals surface area contributed by atoms with Gasteiger partial charge in [0.05, 0.1) is 6.10 Å². The molecular weight excluding hydrogens is 437 g/mol. The van der Waals surface area contributed by atoms with Crippen molar-refractivity contribution in [2.75, 3.05) is 37.6 Å². The molecule has 1 amide bonds. The van der Waals surface area contributed by atoms with E-state index in [1.165, 1.54) is 12.6 Å². The molecule has 174 valence electrons. The number of nitrogens with zero attached hydrogens (tertiary/aromatic N) is 2. The highest BCUT2D eigenvalue weighted by Crippen LogP contribution is 2.20. The summed E-state index contributed by atoms with van der Waals surface area (Å²) in [5.74, 6) is -0.0336. The second-order valence-electron chi connectivity index (χ2n) is 7.47. The number of para-hydroxylation sites is 1. The fourth-order valence-electron chi connectivity index (χ4n) is 3.63. The number of anilines is 1. The smallest absolute Gasteiger partial charge is 0.217 e. The number of hydrogen-bond acceptors (Lipinski definition) is 4. The van der Waals surface area contributed by atoms with Gasteiger partial charge < -0.3 is 20.8 Å². The molecule has 1 heterocycles. The number of piperazine rings is 1. The van der Waals surface area contributed by atoms with Crippen LogP contribution in [0.1, 0.15) is 37.0 Å². The van der Waals surface area contributed by atoms with E-state index in [1.807, 2.05) is 24.3 Å². The van der Waals surface area contributed by atoms with E-state index in [0.717, 1.165) is 56.7 Å². The molecule has 1 atom stereocenters. The van der Waals surface area contributed by atoms with Crippen molar-refractivity contribution in [2.45, 2.75) is 32.4 Å². The zero-order valence-corrected chi connectivity index (χ0v) is 19.6. The minimum Gasteiger partial charge on any atom is -0.412 e. The first-order valence-corrected chi connectivity index (χ1v) is 10.2. The van der Waals surface area contributed by atoms with Crippen molar-refractivity contribution in [1.82, 2.24) is 10.2 Å². The average molecular weight is 472 g/mol. The predicted octanol–water partition coefficient (Wildman–Crippen LogP) is 2.98. The SMILES string of the molecule is CC(=O)NCc1ccc(C(O)CCCN2CCN(c3ccccc3)CC2)cc1.Cl.Cl.O. The summed E-state index contributed by atoms with van der Waals surface area (Å²) in [4.78, 5) is 15.9. The number of amides is 1. The van der Waals surface area contributed by atoms with E-state index >= 15 is 0 Å². The summed E-state index contributed by atoms with van der Waals surface area (Å²) in [5.41, 5.74) is 3.29. The Morgan fingerprint density at radius 1 is 1.00 bits per heavy atom. The quantitative estimate of drug-likeness (QED) is 0.619. The van der Waals surface area contributed by atoms with Gasteiger partial charge in [0.25, 0.3) is 0 Å². The molecule has 2 aromatic carbocycles. The lowest BCUT2D eigenvalue weighted by Gasteiger charge is -2.36. The maximum absolute atomic E-state index is 11.0. The number of halogens is 2. The van der Waals surface area contributed by atoms with Crippen LogP contribution in [0, 0.1) is 0 Å². The summed E-state index contributed by atoms with van der Waals surface area (Å²) in [7, 11) is 0. The zero-order valence-electron chi connectivity index (χ0n) is 18.0. The molecule has 3 rings (SSSR count). The fraction of sp³-hybridized carbons (Fsp3) is 0.435. The second-order valence-corrected chi connectivity index (χ2v) is 7.47. The van der Waals surface area contributed by atoms with E-state index in [2.05, 4.69) is 45.4 Å². The highest BCUT2D eigenvalue weighted by molar-refractivity contribution is 5.85. The lowest BCUT2D eigenvalue weighted by Crippen LogP contribution is -2.46. The van der Waals surface area contributed by atoms with Gasteiger partial charge in [0.1, 0.15) is 0 Å². The van der Waals surface area contributed by atoms with Gasteiger partial charge >= 0.3 is 0 Å². The van der Waals surface area contributed by atoms with Crippen LogP contribution in [0.15, 0.2) is 54.6 Å². The van der Waals surface area contributed by atoms with Crippen molar-refractivity contribution < 1.29 is 15.4 Å². The minimum absolute atomic E-state index is 0. The molecule has 8 heteroatoms. The zero-order chi connectivity index (χ0) is 19.8. The van der Waals surface area contributed by atoms with Crippen LogP contribution >= 0.6 is 24.8 Å². The third kappa shape index (κ3) is 9.46. The fourth-order valence-corrected chi connectivity index (χ4v) is 3.63. The van der Waals surface area contributed by atoms with Crippen molar-refractivity contribution in [3.8, 4) is 0 Å². The van der Waals surface area contributed by atoms with E-state index in [9.17, 15) is 9.90 Å². The number of benzene rings is 2. The van der Waals surface area contributed by atoms with Crippen molar-refractivity contribution in [2.24, 2.45) is 0 Å². The Labute approximate surface area is 197 Å². The van der Waals surface area contributed by atoms with E-state index in [-0.39, 0.29) is 36.2 Å². The second kappa shape index (κ2) is 15.1. The minimum atomic E-state index is -0.430. The number of rotatable bonds is 8. The standard InChI is InChI=1S/C23H31N3O2.2ClH.H2O/c1-19(27)24-18-20-9-11-21(12-10-20)23(28)8-5-13-25-14-16-26(17-15-25)22-6-3-2-4-7-22;;;/h2-4,6-7,9-12,23,28H,5,8,13-18H2,1H3,(H,24,27);2*1H;1H2. The Hall–Kier alpha value is -1.83. The first-order valence-electron chi connectivity index (χ1n) is 10.2. The maximum Gasteiger partial charge on any atom is 0.217 e. The topological polar surface area (TPSA) is 87.3 Å². The normalized spacial score (nSPS) is 14.5. The summed E-state index contributed by atoms with van der Waals surface area (Å²) in [5, 5.41) is 13.2. The van der Waals surface area contributed by atoms with Gasteiger partial charge in [0.15, 0.2) is 0 Å². The Kier molecular flexibility index (Phi) is 14.2.